The molecule has 1 atom stereocenters. The topological polar surface area (TPSA) is 27.7 Å². The molecule has 0 radical (unpaired) electrons. The molecule has 0 aromatic heterocycles. The Bertz CT molecular complexity index is 398. The lowest BCUT2D eigenvalue weighted by atomic mass is 9.96. The van der Waals surface area contributed by atoms with Gasteiger partial charge in [0.05, 0.1) is 20.8 Å². The SMILES string of the molecule is C=C[C@@H]1OCCc2cc(OC)c(OC)cc21. The summed E-state index contributed by atoms with van der Waals surface area (Å²) in [7, 11) is 3.28. The zero-order valence-electron chi connectivity index (χ0n) is 9.66. The Morgan fingerprint density at radius 2 is 2.00 bits per heavy atom. The molecule has 0 spiro atoms. The third-order valence-electron chi connectivity index (χ3n) is 2.83. The molecule has 0 amide bonds. The number of fused-ring (bicyclic) bond motifs is 1. The average molecular weight is 220 g/mol. The smallest absolute Gasteiger partial charge is 0.161 e. The van der Waals surface area contributed by atoms with Gasteiger partial charge in [-0.25, -0.2) is 0 Å². The van der Waals surface area contributed by atoms with Gasteiger partial charge in [-0.15, -0.1) is 6.58 Å². The van der Waals surface area contributed by atoms with E-state index in [0.717, 1.165) is 30.1 Å². The van der Waals surface area contributed by atoms with Gasteiger partial charge < -0.3 is 14.2 Å². The molecule has 1 aromatic carbocycles. The van der Waals surface area contributed by atoms with Gasteiger partial charge in [-0.1, -0.05) is 6.08 Å². The highest BCUT2D eigenvalue weighted by Gasteiger charge is 2.21. The minimum absolute atomic E-state index is 0.0384. The van der Waals surface area contributed by atoms with Gasteiger partial charge in [0.1, 0.15) is 6.10 Å². The Balaban J connectivity index is 2.50. The summed E-state index contributed by atoms with van der Waals surface area (Å²) in [5, 5.41) is 0. The monoisotopic (exact) mass is 220 g/mol. The molecular formula is C13H16O3. The van der Waals surface area contributed by atoms with Gasteiger partial charge in [-0.05, 0) is 29.7 Å². The maximum Gasteiger partial charge on any atom is 0.161 e. The molecule has 86 valence electrons. The summed E-state index contributed by atoms with van der Waals surface area (Å²) in [4.78, 5) is 0. The summed E-state index contributed by atoms with van der Waals surface area (Å²) in [5.74, 6) is 1.50. The van der Waals surface area contributed by atoms with E-state index in [1.165, 1.54) is 5.56 Å². The van der Waals surface area contributed by atoms with Crippen molar-refractivity contribution < 1.29 is 14.2 Å². The lowest BCUT2D eigenvalue weighted by molar-refractivity contribution is 0.0749. The predicted octanol–water partition coefficient (Wildman–Crippen LogP) is 2.50. The lowest BCUT2D eigenvalue weighted by Gasteiger charge is -2.25. The second-order valence-electron chi connectivity index (χ2n) is 3.68. The van der Waals surface area contributed by atoms with Crippen LogP contribution in [-0.4, -0.2) is 20.8 Å². The molecule has 3 heteroatoms. The molecule has 1 heterocycles. The van der Waals surface area contributed by atoms with Crippen LogP contribution in [-0.2, 0) is 11.2 Å². The van der Waals surface area contributed by atoms with Crippen molar-refractivity contribution in [1.29, 1.82) is 0 Å². The maximum absolute atomic E-state index is 5.61. The van der Waals surface area contributed by atoms with Crippen LogP contribution < -0.4 is 9.47 Å². The molecule has 0 N–H and O–H groups in total. The highest BCUT2D eigenvalue weighted by molar-refractivity contribution is 5.49. The molecule has 1 aromatic rings. The van der Waals surface area contributed by atoms with E-state index in [4.69, 9.17) is 14.2 Å². The van der Waals surface area contributed by atoms with Gasteiger partial charge >= 0.3 is 0 Å². The second kappa shape index (κ2) is 4.58. The fraction of sp³-hybridized carbons (Fsp3) is 0.385. The molecule has 1 aliphatic rings. The molecule has 2 rings (SSSR count). The van der Waals surface area contributed by atoms with Gasteiger partial charge in [0, 0.05) is 0 Å². The first-order valence-electron chi connectivity index (χ1n) is 5.29. The number of rotatable bonds is 3. The first kappa shape index (κ1) is 11.0. The normalized spacial score (nSPS) is 18.8. The minimum atomic E-state index is -0.0384. The fourth-order valence-electron chi connectivity index (χ4n) is 2.00. The van der Waals surface area contributed by atoms with Crippen LogP contribution in [0.15, 0.2) is 24.8 Å². The van der Waals surface area contributed by atoms with E-state index in [1.54, 1.807) is 14.2 Å². The van der Waals surface area contributed by atoms with Crippen molar-refractivity contribution in [1.82, 2.24) is 0 Å². The van der Waals surface area contributed by atoms with E-state index in [0.29, 0.717) is 0 Å². The lowest BCUT2D eigenvalue weighted by Crippen LogP contribution is -2.15. The van der Waals surface area contributed by atoms with Crippen LogP contribution in [0, 0.1) is 0 Å². The molecule has 1 aliphatic heterocycles. The largest absolute Gasteiger partial charge is 0.493 e. The summed E-state index contributed by atoms with van der Waals surface area (Å²) in [6.07, 6.45) is 2.67. The van der Waals surface area contributed by atoms with Gasteiger partial charge in [-0.2, -0.15) is 0 Å². The number of hydrogen-bond donors (Lipinski definition) is 0. The Kier molecular flexibility index (Phi) is 3.15. The number of hydrogen-bond acceptors (Lipinski definition) is 3. The third kappa shape index (κ3) is 1.78. The molecule has 0 fully saturated rings. The predicted molar refractivity (Wildman–Crippen MR) is 62.1 cm³/mol. The van der Waals surface area contributed by atoms with Gasteiger partial charge in [0.25, 0.3) is 0 Å². The molecule has 16 heavy (non-hydrogen) atoms. The molecule has 3 nitrogen and oxygen atoms in total. The van der Waals surface area contributed by atoms with Gasteiger partial charge in [0.15, 0.2) is 11.5 Å². The zero-order valence-corrected chi connectivity index (χ0v) is 9.66. The number of benzene rings is 1. The number of ether oxygens (including phenoxy) is 3. The standard InChI is InChI=1S/C13H16O3/c1-4-11-10-8-13(15-3)12(14-2)7-9(10)5-6-16-11/h4,7-8,11H,1,5-6H2,2-3H3/t11-/m0/s1. The van der Waals surface area contributed by atoms with E-state index < -0.39 is 0 Å². The molecule has 0 bridgehead atoms. The maximum atomic E-state index is 5.61. The van der Waals surface area contributed by atoms with Crippen LogP contribution in [0.2, 0.25) is 0 Å². The zero-order chi connectivity index (χ0) is 11.5. The van der Waals surface area contributed by atoms with E-state index in [2.05, 4.69) is 6.58 Å². The Morgan fingerprint density at radius 1 is 1.31 bits per heavy atom. The van der Waals surface area contributed by atoms with Crippen molar-refractivity contribution in [3.63, 3.8) is 0 Å². The highest BCUT2D eigenvalue weighted by atomic mass is 16.5. The van der Waals surface area contributed by atoms with Crippen molar-refractivity contribution in [3.05, 3.63) is 35.9 Å². The van der Waals surface area contributed by atoms with Gasteiger partial charge in [-0.3, -0.25) is 0 Å². The Labute approximate surface area is 95.6 Å². The summed E-state index contributed by atoms with van der Waals surface area (Å²) < 4.78 is 16.2. The first-order chi connectivity index (χ1) is 7.80. The number of methoxy groups -OCH3 is 2. The van der Waals surface area contributed by atoms with Crippen molar-refractivity contribution in [2.24, 2.45) is 0 Å². The van der Waals surface area contributed by atoms with Crippen molar-refractivity contribution in [3.8, 4) is 11.5 Å². The van der Waals surface area contributed by atoms with Crippen molar-refractivity contribution in [2.45, 2.75) is 12.5 Å². The summed E-state index contributed by atoms with van der Waals surface area (Å²) in [6, 6.07) is 3.99. The summed E-state index contributed by atoms with van der Waals surface area (Å²) >= 11 is 0. The highest BCUT2D eigenvalue weighted by Crippen LogP contribution is 2.37. The minimum Gasteiger partial charge on any atom is -0.493 e. The molecule has 0 saturated heterocycles. The molecule has 0 aliphatic carbocycles. The van der Waals surface area contributed by atoms with E-state index >= 15 is 0 Å². The fourth-order valence-corrected chi connectivity index (χ4v) is 2.00. The van der Waals surface area contributed by atoms with E-state index in [1.807, 2.05) is 18.2 Å². The summed E-state index contributed by atoms with van der Waals surface area (Å²) in [5.41, 5.74) is 2.37. The third-order valence-corrected chi connectivity index (χ3v) is 2.83. The average Bonchev–Trinajstić information content (AvgIpc) is 2.36. The second-order valence-corrected chi connectivity index (χ2v) is 3.68. The van der Waals surface area contributed by atoms with Crippen molar-refractivity contribution in [2.75, 3.05) is 20.8 Å². The molecule has 0 saturated carbocycles. The van der Waals surface area contributed by atoms with Crippen molar-refractivity contribution >= 4 is 0 Å². The van der Waals surface area contributed by atoms with Crippen LogP contribution in [0.1, 0.15) is 17.2 Å². The van der Waals surface area contributed by atoms with E-state index in [9.17, 15) is 0 Å². The molecular weight excluding hydrogens is 204 g/mol. The first-order valence-corrected chi connectivity index (χ1v) is 5.29. The quantitative estimate of drug-likeness (QED) is 0.732. The van der Waals surface area contributed by atoms with Crippen LogP contribution in [0.25, 0.3) is 0 Å². The van der Waals surface area contributed by atoms with Crippen LogP contribution in [0.3, 0.4) is 0 Å². The molecule has 0 unspecified atom stereocenters. The van der Waals surface area contributed by atoms with Crippen LogP contribution in [0.4, 0.5) is 0 Å². The van der Waals surface area contributed by atoms with E-state index in [-0.39, 0.29) is 6.10 Å². The Hall–Kier alpha value is -1.48. The van der Waals surface area contributed by atoms with Crippen LogP contribution in [0.5, 0.6) is 11.5 Å². The Morgan fingerprint density at radius 3 is 2.62 bits per heavy atom. The van der Waals surface area contributed by atoms with Gasteiger partial charge in [0.2, 0.25) is 0 Å². The van der Waals surface area contributed by atoms with Crippen LogP contribution >= 0.6 is 0 Å². The summed E-state index contributed by atoms with van der Waals surface area (Å²) in [6.45, 7) is 4.51.